The first kappa shape index (κ1) is 12.6. The molecule has 2 aromatic heterocycles. The van der Waals surface area contributed by atoms with Crippen molar-refractivity contribution in [2.75, 3.05) is 6.54 Å². The van der Waals surface area contributed by atoms with E-state index < -0.39 is 0 Å². The van der Waals surface area contributed by atoms with Gasteiger partial charge in [-0.25, -0.2) is 4.98 Å². The van der Waals surface area contributed by atoms with Gasteiger partial charge in [-0.05, 0) is 38.8 Å². The van der Waals surface area contributed by atoms with Gasteiger partial charge >= 0.3 is 0 Å². The molecule has 0 saturated carbocycles. The zero-order valence-corrected chi connectivity index (χ0v) is 11.6. The van der Waals surface area contributed by atoms with Crippen molar-refractivity contribution in [3.8, 4) is 0 Å². The highest BCUT2D eigenvalue weighted by Crippen LogP contribution is 2.18. The first-order chi connectivity index (χ1) is 9.38. The fourth-order valence-corrected chi connectivity index (χ4v) is 3.05. The van der Waals surface area contributed by atoms with Crippen LogP contribution in [0.15, 0.2) is 18.5 Å². The minimum atomic E-state index is 0.678. The van der Waals surface area contributed by atoms with Crippen molar-refractivity contribution in [1.29, 1.82) is 0 Å². The van der Waals surface area contributed by atoms with Crippen LogP contribution in [0.2, 0.25) is 0 Å². The van der Waals surface area contributed by atoms with Gasteiger partial charge in [0.25, 0.3) is 0 Å². The number of aromatic nitrogens is 3. The van der Waals surface area contributed by atoms with Gasteiger partial charge in [0.1, 0.15) is 11.3 Å². The molecule has 3 heterocycles. The van der Waals surface area contributed by atoms with Crippen LogP contribution in [0.25, 0.3) is 11.0 Å². The van der Waals surface area contributed by atoms with Crippen LogP contribution >= 0.6 is 0 Å². The summed E-state index contributed by atoms with van der Waals surface area (Å²) < 4.78 is 2.32. The maximum atomic E-state index is 4.74. The first-order valence-corrected chi connectivity index (χ1v) is 7.41. The summed E-state index contributed by atoms with van der Waals surface area (Å²) in [6.45, 7) is 4.34. The Bertz CT molecular complexity index is 540. The minimum Gasteiger partial charge on any atom is -0.328 e. The lowest BCUT2D eigenvalue weighted by atomic mass is 10.0. The first-order valence-electron chi connectivity index (χ1n) is 7.41. The number of fused-ring (bicyclic) bond motifs is 1. The van der Waals surface area contributed by atoms with Crippen molar-refractivity contribution < 1.29 is 0 Å². The van der Waals surface area contributed by atoms with Gasteiger partial charge in [0.2, 0.25) is 0 Å². The van der Waals surface area contributed by atoms with Crippen molar-refractivity contribution in [3.63, 3.8) is 0 Å². The summed E-state index contributed by atoms with van der Waals surface area (Å²) in [4.78, 5) is 8.90. The highest BCUT2D eigenvalue weighted by molar-refractivity contribution is 5.74. The Hall–Kier alpha value is -1.42. The van der Waals surface area contributed by atoms with E-state index >= 15 is 0 Å². The number of hydrogen-bond acceptors (Lipinski definition) is 3. The van der Waals surface area contributed by atoms with E-state index in [0.29, 0.717) is 6.04 Å². The molecule has 1 N–H and O–H groups in total. The van der Waals surface area contributed by atoms with Crippen LogP contribution in [0.5, 0.6) is 0 Å². The molecule has 1 unspecified atom stereocenters. The zero-order chi connectivity index (χ0) is 13.1. The quantitative estimate of drug-likeness (QED) is 0.916. The number of pyridine rings is 1. The molecule has 0 aromatic carbocycles. The van der Waals surface area contributed by atoms with Crippen LogP contribution in [0.3, 0.4) is 0 Å². The molecule has 1 atom stereocenters. The second kappa shape index (κ2) is 5.70. The SMILES string of the molecule is CCn1c(CCC2CCCCN2)nc2cnccc21. The minimum absolute atomic E-state index is 0.678. The number of nitrogens with zero attached hydrogens (tertiary/aromatic N) is 3. The molecule has 0 aliphatic carbocycles. The van der Waals surface area contributed by atoms with Gasteiger partial charge in [-0.1, -0.05) is 6.42 Å². The fraction of sp³-hybridized carbons (Fsp3) is 0.600. The van der Waals surface area contributed by atoms with Crippen LogP contribution in [0.1, 0.15) is 38.4 Å². The molecule has 19 heavy (non-hydrogen) atoms. The summed E-state index contributed by atoms with van der Waals surface area (Å²) in [6.07, 6.45) is 9.97. The van der Waals surface area contributed by atoms with Gasteiger partial charge in [0.05, 0.1) is 11.7 Å². The average Bonchev–Trinajstić information content (AvgIpc) is 2.83. The standard InChI is InChI=1S/C15H22N4/c1-2-19-14-8-10-16-11-13(14)18-15(19)7-6-12-5-3-4-9-17-12/h8,10-12,17H,2-7,9H2,1H3. The molecule has 102 valence electrons. The smallest absolute Gasteiger partial charge is 0.109 e. The van der Waals surface area contributed by atoms with Crippen LogP contribution in [-0.4, -0.2) is 27.1 Å². The molecular weight excluding hydrogens is 236 g/mol. The predicted molar refractivity (Wildman–Crippen MR) is 77.2 cm³/mol. The second-order valence-electron chi connectivity index (χ2n) is 5.32. The topological polar surface area (TPSA) is 42.7 Å². The zero-order valence-electron chi connectivity index (χ0n) is 11.6. The van der Waals surface area contributed by atoms with Gasteiger partial charge in [0, 0.05) is 25.2 Å². The van der Waals surface area contributed by atoms with E-state index in [9.17, 15) is 0 Å². The highest BCUT2D eigenvalue weighted by Gasteiger charge is 2.15. The third-order valence-electron chi connectivity index (χ3n) is 4.07. The molecule has 4 heteroatoms. The Balaban J connectivity index is 1.76. The fourth-order valence-electron chi connectivity index (χ4n) is 3.05. The van der Waals surface area contributed by atoms with Gasteiger partial charge in [0.15, 0.2) is 0 Å². The largest absolute Gasteiger partial charge is 0.328 e. The summed E-state index contributed by atoms with van der Waals surface area (Å²) in [5.74, 6) is 1.21. The van der Waals surface area contributed by atoms with Crippen LogP contribution in [-0.2, 0) is 13.0 Å². The lowest BCUT2D eigenvalue weighted by molar-refractivity contribution is 0.379. The molecule has 0 amide bonds. The van der Waals surface area contributed by atoms with Gasteiger partial charge in [-0.15, -0.1) is 0 Å². The lowest BCUT2D eigenvalue weighted by Crippen LogP contribution is -2.34. The van der Waals surface area contributed by atoms with Crippen LogP contribution < -0.4 is 5.32 Å². The van der Waals surface area contributed by atoms with Crippen molar-refractivity contribution >= 4 is 11.0 Å². The number of rotatable bonds is 4. The van der Waals surface area contributed by atoms with E-state index in [-0.39, 0.29) is 0 Å². The molecule has 1 fully saturated rings. The average molecular weight is 258 g/mol. The summed E-state index contributed by atoms with van der Waals surface area (Å²) in [5, 5.41) is 3.61. The maximum Gasteiger partial charge on any atom is 0.109 e. The molecule has 0 spiro atoms. The third kappa shape index (κ3) is 2.63. The number of piperidine rings is 1. The molecule has 1 aliphatic rings. The van der Waals surface area contributed by atoms with Crippen molar-refractivity contribution in [2.45, 2.75) is 51.6 Å². The molecule has 1 saturated heterocycles. The summed E-state index contributed by atoms with van der Waals surface area (Å²) in [6, 6.07) is 2.74. The number of hydrogen-bond donors (Lipinski definition) is 1. The van der Waals surface area contributed by atoms with Crippen molar-refractivity contribution in [3.05, 3.63) is 24.3 Å². The van der Waals surface area contributed by atoms with Crippen LogP contribution in [0.4, 0.5) is 0 Å². The Morgan fingerprint density at radius 2 is 2.37 bits per heavy atom. The normalized spacial score (nSPS) is 19.9. The van der Waals surface area contributed by atoms with E-state index in [1.807, 2.05) is 12.4 Å². The van der Waals surface area contributed by atoms with E-state index in [4.69, 9.17) is 4.98 Å². The maximum absolute atomic E-state index is 4.74. The van der Waals surface area contributed by atoms with E-state index in [2.05, 4.69) is 27.9 Å². The van der Waals surface area contributed by atoms with E-state index in [0.717, 1.165) is 18.5 Å². The summed E-state index contributed by atoms with van der Waals surface area (Å²) in [7, 11) is 0. The highest BCUT2D eigenvalue weighted by atomic mass is 15.1. The summed E-state index contributed by atoms with van der Waals surface area (Å²) >= 11 is 0. The Morgan fingerprint density at radius 3 is 3.16 bits per heavy atom. The molecule has 2 aromatic rings. The number of imidazole rings is 1. The molecule has 3 rings (SSSR count). The Labute approximate surface area is 114 Å². The summed E-state index contributed by atoms with van der Waals surface area (Å²) in [5.41, 5.74) is 2.24. The van der Waals surface area contributed by atoms with Crippen molar-refractivity contribution in [1.82, 2.24) is 19.9 Å². The van der Waals surface area contributed by atoms with E-state index in [1.165, 1.54) is 43.6 Å². The second-order valence-corrected chi connectivity index (χ2v) is 5.32. The van der Waals surface area contributed by atoms with Gasteiger partial charge < -0.3 is 9.88 Å². The van der Waals surface area contributed by atoms with E-state index in [1.54, 1.807) is 0 Å². The van der Waals surface area contributed by atoms with Crippen LogP contribution in [0, 0.1) is 0 Å². The monoisotopic (exact) mass is 258 g/mol. The van der Waals surface area contributed by atoms with Crippen molar-refractivity contribution in [2.24, 2.45) is 0 Å². The molecule has 0 radical (unpaired) electrons. The lowest BCUT2D eigenvalue weighted by Gasteiger charge is -2.23. The van der Waals surface area contributed by atoms with Gasteiger partial charge in [-0.2, -0.15) is 0 Å². The molecular formula is C15H22N4. The predicted octanol–water partition coefficient (Wildman–Crippen LogP) is 2.53. The Kier molecular flexibility index (Phi) is 3.78. The number of aryl methyl sites for hydroxylation is 2. The third-order valence-corrected chi connectivity index (χ3v) is 4.07. The van der Waals surface area contributed by atoms with Gasteiger partial charge in [-0.3, -0.25) is 4.98 Å². The molecule has 4 nitrogen and oxygen atoms in total. The molecule has 0 bridgehead atoms. The molecule has 1 aliphatic heterocycles. The number of nitrogens with one attached hydrogen (secondary N) is 1. The Morgan fingerprint density at radius 1 is 1.42 bits per heavy atom.